The van der Waals surface area contributed by atoms with Gasteiger partial charge in [0.05, 0.1) is 0 Å². The Hall–Kier alpha value is -4.37. The maximum absolute atomic E-state index is 14.7. The number of carboxylic acid groups (broad SMARTS) is 2. The fourth-order valence-electron chi connectivity index (χ4n) is 4.57. The number of benzene rings is 3. The molecule has 8 nitrogen and oxygen atoms in total. The molecule has 0 bridgehead atoms. The SMILES string of the molecule is O=C(O)C1(C(=O)O)CC(NCCc2ccc(-c3noc(-c4ccc(-c5ccccc5)c(F)c4)n3)cc2)C1. The van der Waals surface area contributed by atoms with Gasteiger partial charge in [-0.05, 0) is 49.1 Å². The topological polar surface area (TPSA) is 126 Å². The highest BCUT2D eigenvalue weighted by atomic mass is 19.1. The molecule has 5 rings (SSSR count). The predicted octanol–water partition coefficient (Wildman–Crippen LogP) is 4.66. The van der Waals surface area contributed by atoms with Crippen LogP contribution >= 0.6 is 0 Å². The molecule has 1 heterocycles. The lowest BCUT2D eigenvalue weighted by atomic mass is 9.65. The van der Waals surface area contributed by atoms with Gasteiger partial charge in [-0.2, -0.15) is 4.98 Å². The number of nitrogens with one attached hydrogen (secondary N) is 1. The van der Waals surface area contributed by atoms with Crippen LogP contribution in [0.3, 0.4) is 0 Å². The highest BCUT2D eigenvalue weighted by Gasteiger charge is 2.56. The van der Waals surface area contributed by atoms with E-state index in [-0.39, 0.29) is 30.6 Å². The fraction of sp³-hybridized carbons (Fsp3) is 0.214. The van der Waals surface area contributed by atoms with E-state index in [1.807, 2.05) is 54.6 Å². The van der Waals surface area contributed by atoms with E-state index in [0.717, 1.165) is 16.7 Å². The molecule has 0 radical (unpaired) electrons. The van der Waals surface area contributed by atoms with Crippen molar-refractivity contribution in [3.63, 3.8) is 0 Å². The molecule has 0 amide bonds. The summed E-state index contributed by atoms with van der Waals surface area (Å²) in [5.74, 6) is -2.33. The number of aliphatic carboxylic acids is 2. The van der Waals surface area contributed by atoms with Gasteiger partial charge < -0.3 is 20.1 Å². The van der Waals surface area contributed by atoms with Crippen LogP contribution in [0.2, 0.25) is 0 Å². The van der Waals surface area contributed by atoms with Gasteiger partial charge >= 0.3 is 11.9 Å². The third-order valence-electron chi connectivity index (χ3n) is 6.79. The van der Waals surface area contributed by atoms with Gasteiger partial charge in [0.15, 0.2) is 5.41 Å². The lowest BCUT2D eigenvalue weighted by molar-refractivity contribution is -0.173. The summed E-state index contributed by atoms with van der Waals surface area (Å²) in [7, 11) is 0. The zero-order valence-electron chi connectivity index (χ0n) is 19.7. The van der Waals surface area contributed by atoms with E-state index in [1.165, 1.54) is 6.07 Å². The molecule has 37 heavy (non-hydrogen) atoms. The number of carboxylic acids is 2. The lowest BCUT2D eigenvalue weighted by Gasteiger charge is -2.41. The zero-order valence-corrected chi connectivity index (χ0v) is 19.7. The summed E-state index contributed by atoms with van der Waals surface area (Å²) in [4.78, 5) is 26.9. The van der Waals surface area contributed by atoms with Gasteiger partial charge in [-0.3, -0.25) is 9.59 Å². The first kappa shape index (κ1) is 24.3. The molecule has 0 spiro atoms. The number of hydrogen-bond acceptors (Lipinski definition) is 6. The second kappa shape index (κ2) is 9.94. The lowest BCUT2D eigenvalue weighted by Crippen LogP contribution is -2.57. The molecule has 1 fully saturated rings. The van der Waals surface area contributed by atoms with E-state index in [0.29, 0.717) is 29.9 Å². The Balaban J connectivity index is 1.18. The van der Waals surface area contributed by atoms with Gasteiger partial charge in [0, 0.05) is 22.7 Å². The van der Waals surface area contributed by atoms with Crippen molar-refractivity contribution in [3.8, 4) is 34.0 Å². The van der Waals surface area contributed by atoms with E-state index in [4.69, 9.17) is 4.52 Å². The number of carbonyl (C=O) groups is 2. The summed E-state index contributed by atoms with van der Waals surface area (Å²) < 4.78 is 20.1. The first-order valence-electron chi connectivity index (χ1n) is 11.8. The second-order valence-corrected chi connectivity index (χ2v) is 9.18. The average molecular weight is 502 g/mol. The predicted molar refractivity (Wildman–Crippen MR) is 133 cm³/mol. The minimum Gasteiger partial charge on any atom is -0.480 e. The first-order chi connectivity index (χ1) is 17.9. The van der Waals surface area contributed by atoms with Gasteiger partial charge in [0.25, 0.3) is 5.89 Å². The maximum Gasteiger partial charge on any atom is 0.321 e. The van der Waals surface area contributed by atoms with Crippen molar-refractivity contribution in [1.29, 1.82) is 0 Å². The molecule has 0 unspecified atom stereocenters. The van der Waals surface area contributed by atoms with Gasteiger partial charge in [0.2, 0.25) is 5.82 Å². The van der Waals surface area contributed by atoms with Crippen molar-refractivity contribution >= 4 is 11.9 Å². The molecule has 0 atom stereocenters. The third-order valence-corrected chi connectivity index (χ3v) is 6.79. The summed E-state index contributed by atoms with van der Waals surface area (Å²) in [5.41, 5.74) is 1.90. The summed E-state index contributed by atoms with van der Waals surface area (Å²) in [5, 5.41) is 25.6. The molecule has 1 aromatic heterocycles. The van der Waals surface area contributed by atoms with Gasteiger partial charge in [-0.1, -0.05) is 65.8 Å². The Bertz CT molecular complexity index is 1410. The number of hydrogen-bond donors (Lipinski definition) is 3. The molecule has 3 N–H and O–H groups in total. The molecule has 9 heteroatoms. The highest BCUT2D eigenvalue weighted by Crippen LogP contribution is 2.41. The Morgan fingerprint density at radius 2 is 1.62 bits per heavy atom. The van der Waals surface area contributed by atoms with Crippen LogP contribution in [0, 0.1) is 11.2 Å². The molecule has 188 valence electrons. The summed E-state index contributed by atoms with van der Waals surface area (Å²) in [6.07, 6.45) is 0.847. The van der Waals surface area contributed by atoms with Crippen molar-refractivity contribution < 1.29 is 28.7 Å². The standard InChI is InChI=1S/C28H24FN3O5/c29-23-14-20(10-11-22(23)18-4-2-1-3-5-18)25-31-24(32-37-25)19-8-6-17(7-9-19)12-13-30-21-15-28(16-21,26(33)34)27(35)36/h1-11,14,21,30H,12-13,15-16H2,(H,33,34)(H,35,36). The number of nitrogens with zero attached hydrogens (tertiary/aromatic N) is 2. The van der Waals surface area contributed by atoms with Crippen molar-refractivity contribution in [2.75, 3.05) is 6.54 Å². The number of rotatable bonds is 9. The van der Waals surface area contributed by atoms with Crippen LogP contribution < -0.4 is 5.32 Å². The van der Waals surface area contributed by atoms with Crippen LogP contribution in [-0.4, -0.2) is 44.9 Å². The van der Waals surface area contributed by atoms with Crippen LogP contribution in [0.25, 0.3) is 34.0 Å². The van der Waals surface area contributed by atoms with E-state index in [2.05, 4.69) is 15.5 Å². The van der Waals surface area contributed by atoms with Gasteiger partial charge in [-0.25, -0.2) is 4.39 Å². The monoisotopic (exact) mass is 501 g/mol. The zero-order chi connectivity index (χ0) is 26.0. The molecule has 0 saturated heterocycles. The van der Waals surface area contributed by atoms with Crippen LogP contribution in [0.1, 0.15) is 18.4 Å². The normalized spacial score (nSPS) is 14.7. The molecule has 4 aromatic rings. The molecular formula is C28H24FN3O5. The van der Waals surface area contributed by atoms with Crippen molar-refractivity contribution in [1.82, 2.24) is 15.5 Å². The van der Waals surface area contributed by atoms with Crippen LogP contribution in [0.15, 0.2) is 77.3 Å². The number of aromatic nitrogens is 2. The molecule has 1 aliphatic carbocycles. The Kier molecular flexibility index (Phi) is 6.54. The van der Waals surface area contributed by atoms with Gasteiger partial charge in [-0.15, -0.1) is 0 Å². The minimum atomic E-state index is -1.67. The molecule has 1 aliphatic rings. The van der Waals surface area contributed by atoms with E-state index in [9.17, 15) is 24.2 Å². The Morgan fingerprint density at radius 3 is 2.27 bits per heavy atom. The molecule has 1 saturated carbocycles. The summed E-state index contributed by atoms with van der Waals surface area (Å²) >= 11 is 0. The maximum atomic E-state index is 14.7. The Labute approximate surface area is 211 Å². The van der Waals surface area contributed by atoms with Crippen molar-refractivity contribution in [2.24, 2.45) is 5.41 Å². The van der Waals surface area contributed by atoms with E-state index in [1.54, 1.807) is 12.1 Å². The molecule has 0 aliphatic heterocycles. The van der Waals surface area contributed by atoms with Gasteiger partial charge in [0.1, 0.15) is 5.82 Å². The van der Waals surface area contributed by atoms with Crippen LogP contribution in [0.5, 0.6) is 0 Å². The van der Waals surface area contributed by atoms with E-state index < -0.39 is 17.4 Å². The number of halogens is 1. The largest absolute Gasteiger partial charge is 0.480 e. The minimum absolute atomic E-state index is 0.0790. The van der Waals surface area contributed by atoms with Crippen molar-refractivity contribution in [3.05, 3.63) is 84.2 Å². The molecular weight excluding hydrogens is 477 g/mol. The average Bonchev–Trinajstić information content (AvgIpc) is 3.36. The quantitative estimate of drug-likeness (QED) is 0.283. The Morgan fingerprint density at radius 1 is 0.946 bits per heavy atom. The van der Waals surface area contributed by atoms with Crippen LogP contribution in [-0.2, 0) is 16.0 Å². The highest BCUT2D eigenvalue weighted by molar-refractivity contribution is 5.99. The summed E-state index contributed by atoms with van der Waals surface area (Å²) in [6, 6.07) is 21.6. The van der Waals surface area contributed by atoms with E-state index >= 15 is 0 Å². The fourth-order valence-corrected chi connectivity index (χ4v) is 4.57. The molecule has 3 aromatic carbocycles. The van der Waals surface area contributed by atoms with Crippen LogP contribution in [0.4, 0.5) is 4.39 Å². The smallest absolute Gasteiger partial charge is 0.321 e. The second-order valence-electron chi connectivity index (χ2n) is 9.18. The first-order valence-corrected chi connectivity index (χ1v) is 11.8. The third kappa shape index (κ3) is 4.85. The van der Waals surface area contributed by atoms with Crippen molar-refractivity contribution in [2.45, 2.75) is 25.3 Å². The summed E-state index contributed by atoms with van der Waals surface area (Å²) in [6.45, 7) is 0.593.